The maximum Gasteiger partial charge on any atom is 0.335 e. The average molecular weight is 459 g/mol. The summed E-state index contributed by atoms with van der Waals surface area (Å²) in [5.41, 5.74) is 1.35. The summed E-state index contributed by atoms with van der Waals surface area (Å²) in [6.07, 6.45) is -0.565. The second-order valence-electron chi connectivity index (χ2n) is 6.08. The van der Waals surface area contributed by atoms with Gasteiger partial charge in [0.2, 0.25) is 0 Å². The summed E-state index contributed by atoms with van der Waals surface area (Å²) in [6.45, 7) is 1.98. The minimum absolute atomic E-state index is 0.190. The number of carbonyl (C=O) groups is 2. The van der Waals surface area contributed by atoms with Crippen LogP contribution in [0.5, 0.6) is 0 Å². The lowest BCUT2D eigenvalue weighted by Crippen LogP contribution is -2.50. The number of hydrogen-bond acceptors (Lipinski definition) is 6. The van der Waals surface area contributed by atoms with Crippen LogP contribution in [0.15, 0.2) is 57.0 Å². The van der Waals surface area contributed by atoms with Crippen LogP contribution in [0.3, 0.4) is 0 Å². The van der Waals surface area contributed by atoms with Gasteiger partial charge in [0, 0.05) is 9.69 Å². The number of halogens is 1. The molecule has 4 rings (SSSR count). The van der Waals surface area contributed by atoms with Crippen molar-refractivity contribution in [3.05, 3.63) is 68.6 Å². The predicted molar refractivity (Wildman–Crippen MR) is 110 cm³/mol. The van der Waals surface area contributed by atoms with E-state index in [0.717, 1.165) is 15.8 Å². The number of thioether (sulfide) groups is 1. The summed E-state index contributed by atoms with van der Waals surface area (Å²) in [4.78, 5) is 28.8. The number of aromatic carboxylic acids is 1. The highest BCUT2D eigenvalue weighted by atomic mass is 79.9. The fourth-order valence-corrected chi connectivity index (χ4v) is 4.01. The minimum atomic E-state index is -0.994. The number of carbonyl (C=O) groups excluding carboxylic acids is 1. The van der Waals surface area contributed by atoms with Gasteiger partial charge in [-0.2, -0.15) is 0 Å². The molecule has 0 aromatic heterocycles. The molecule has 2 aromatic carbocycles. The molecule has 0 spiro atoms. The van der Waals surface area contributed by atoms with E-state index in [1.165, 1.54) is 23.9 Å². The Balaban J connectivity index is 1.91. The van der Waals surface area contributed by atoms with Gasteiger partial charge in [-0.25, -0.2) is 9.80 Å². The summed E-state index contributed by atoms with van der Waals surface area (Å²) < 4.78 is 0.837. The Morgan fingerprint density at radius 1 is 1.29 bits per heavy atom. The van der Waals surface area contributed by atoms with Gasteiger partial charge in [-0.05, 0) is 41.6 Å². The summed E-state index contributed by atoms with van der Waals surface area (Å²) in [5, 5.41) is 20.1. The molecule has 0 saturated heterocycles. The zero-order valence-electron chi connectivity index (χ0n) is 14.7. The van der Waals surface area contributed by atoms with E-state index in [0.29, 0.717) is 21.4 Å². The standard InChI is InChI=1S/C19H15BrN4O3S/c1-2-28-19-22-17(25)15-13-9-12(20)7-8-14(13)21-16(24(15)23-19)10-3-5-11(6-4-10)18(26)27/h3-9,16H,2H2,1H3,(H,26,27)(H,22,23,25). The van der Waals surface area contributed by atoms with Crippen molar-refractivity contribution >= 4 is 50.4 Å². The molecule has 9 heteroatoms. The highest BCUT2D eigenvalue weighted by Gasteiger charge is 2.34. The van der Waals surface area contributed by atoms with E-state index < -0.39 is 12.1 Å². The van der Waals surface area contributed by atoms with Crippen LogP contribution in [0, 0.1) is 0 Å². The number of amides is 1. The van der Waals surface area contributed by atoms with Crippen LogP contribution in [-0.4, -0.2) is 32.9 Å². The number of rotatable bonds is 3. The van der Waals surface area contributed by atoms with Gasteiger partial charge in [0.05, 0.1) is 10.9 Å². The van der Waals surface area contributed by atoms with Gasteiger partial charge in [-0.1, -0.05) is 46.7 Å². The Morgan fingerprint density at radius 2 is 2.04 bits per heavy atom. The maximum absolute atomic E-state index is 12.9. The number of benzene rings is 2. The smallest absolute Gasteiger partial charge is 0.335 e. The molecule has 0 saturated carbocycles. The van der Waals surface area contributed by atoms with Gasteiger partial charge < -0.3 is 5.11 Å². The van der Waals surface area contributed by atoms with Crippen molar-refractivity contribution in [3.8, 4) is 0 Å². The Labute approximate surface area is 173 Å². The van der Waals surface area contributed by atoms with Crippen LogP contribution in [0.2, 0.25) is 0 Å². The third kappa shape index (κ3) is 3.31. The maximum atomic E-state index is 12.9. The number of nitrogens with one attached hydrogen (secondary N) is 1. The number of hydrazone groups is 1. The van der Waals surface area contributed by atoms with Crippen molar-refractivity contribution in [1.82, 2.24) is 10.3 Å². The summed E-state index contributed by atoms with van der Waals surface area (Å²) >= 11 is 4.88. The molecule has 2 N–H and O–H groups in total. The largest absolute Gasteiger partial charge is 0.478 e. The van der Waals surface area contributed by atoms with Gasteiger partial charge in [-0.15, -0.1) is 5.10 Å². The predicted octanol–water partition coefficient (Wildman–Crippen LogP) is 2.04. The fraction of sp³-hybridized carbons (Fsp3) is 0.158. The average Bonchev–Trinajstić information content (AvgIpc) is 2.67. The van der Waals surface area contributed by atoms with Crippen molar-refractivity contribution < 1.29 is 14.7 Å². The van der Waals surface area contributed by atoms with Gasteiger partial charge in [0.15, 0.2) is 11.3 Å². The highest BCUT2D eigenvalue weighted by molar-refractivity contribution is 9.10. The van der Waals surface area contributed by atoms with Crippen LogP contribution < -0.4 is 15.9 Å². The molecule has 7 nitrogen and oxygen atoms in total. The zero-order chi connectivity index (χ0) is 19.8. The molecule has 1 unspecified atom stereocenters. The lowest BCUT2D eigenvalue weighted by molar-refractivity contribution is -0.116. The first-order valence-electron chi connectivity index (χ1n) is 8.51. The second kappa shape index (κ2) is 7.40. The Bertz CT molecular complexity index is 1130. The molecule has 2 heterocycles. The summed E-state index contributed by atoms with van der Waals surface area (Å²) in [7, 11) is 0. The summed E-state index contributed by atoms with van der Waals surface area (Å²) in [6, 6.07) is 12.0. The molecule has 2 aromatic rings. The molecule has 1 atom stereocenters. The number of hydrogen-bond donors (Lipinski definition) is 2. The molecule has 28 heavy (non-hydrogen) atoms. The van der Waals surface area contributed by atoms with E-state index in [1.54, 1.807) is 17.1 Å². The van der Waals surface area contributed by atoms with Crippen LogP contribution in [0.25, 0.3) is 5.70 Å². The second-order valence-corrected chi connectivity index (χ2v) is 8.25. The SMILES string of the molecule is CCSC1=NN2C(=c3cc(Br)ccc3=NC2c2ccc(C(=O)O)cc2)C(=O)N1. The lowest BCUT2D eigenvalue weighted by Gasteiger charge is -2.34. The van der Waals surface area contributed by atoms with Gasteiger partial charge >= 0.3 is 5.97 Å². The van der Waals surface area contributed by atoms with Crippen molar-refractivity contribution in [2.24, 2.45) is 10.1 Å². The quantitative estimate of drug-likeness (QED) is 0.733. The van der Waals surface area contributed by atoms with Gasteiger partial charge in [0.25, 0.3) is 5.91 Å². The number of carboxylic acid groups (broad SMARTS) is 1. The van der Waals surface area contributed by atoms with E-state index in [-0.39, 0.29) is 11.5 Å². The number of nitrogens with zero attached hydrogens (tertiary/aromatic N) is 3. The first-order valence-corrected chi connectivity index (χ1v) is 10.3. The zero-order valence-corrected chi connectivity index (χ0v) is 17.1. The third-order valence-electron chi connectivity index (χ3n) is 4.31. The molecular formula is C19H15BrN4O3S. The molecule has 2 aliphatic rings. The Morgan fingerprint density at radius 3 is 2.71 bits per heavy atom. The molecule has 0 aliphatic carbocycles. The summed E-state index contributed by atoms with van der Waals surface area (Å²) in [5.74, 6) is -0.474. The van der Waals surface area contributed by atoms with Crippen LogP contribution in [0.4, 0.5) is 0 Å². The molecule has 2 aliphatic heterocycles. The van der Waals surface area contributed by atoms with Crippen molar-refractivity contribution in [2.75, 3.05) is 5.75 Å². The minimum Gasteiger partial charge on any atom is -0.478 e. The van der Waals surface area contributed by atoms with E-state index in [4.69, 9.17) is 10.1 Å². The van der Waals surface area contributed by atoms with Crippen LogP contribution in [-0.2, 0) is 4.79 Å². The Kier molecular flexibility index (Phi) is 4.94. The van der Waals surface area contributed by atoms with E-state index >= 15 is 0 Å². The lowest BCUT2D eigenvalue weighted by atomic mass is 10.1. The first kappa shape index (κ1) is 18.7. The fourth-order valence-electron chi connectivity index (χ4n) is 3.07. The molecule has 0 radical (unpaired) electrons. The van der Waals surface area contributed by atoms with Crippen molar-refractivity contribution in [1.29, 1.82) is 0 Å². The first-order chi connectivity index (χ1) is 13.5. The van der Waals surface area contributed by atoms with Gasteiger partial charge in [-0.3, -0.25) is 15.1 Å². The highest BCUT2D eigenvalue weighted by Crippen LogP contribution is 2.31. The monoisotopic (exact) mass is 458 g/mol. The topological polar surface area (TPSA) is 94.4 Å². The molecular weight excluding hydrogens is 444 g/mol. The number of carboxylic acids is 1. The molecule has 1 amide bonds. The van der Waals surface area contributed by atoms with E-state index in [1.807, 2.05) is 25.1 Å². The number of amidine groups is 1. The normalized spacial score (nSPS) is 17.9. The molecule has 142 valence electrons. The molecule has 0 fully saturated rings. The van der Waals surface area contributed by atoms with E-state index in [2.05, 4.69) is 26.3 Å². The van der Waals surface area contributed by atoms with Crippen LogP contribution in [0.1, 0.15) is 29.0 Å². The van der Waals surface area contributed by atoms with Gasteiger partial charge in [0.1, 0.15) is 5.70 Å². The van der Waals surface area contributed by atoms with Crippen molar-refractivity contribution in [3.63, 3.8) is 0 Å². The van der Waals surface area contributed by atoms with Crippen molar-refractivity contribution in [2.45, 2.75) is 13.1 Å². The molecule has 0 bridgehead atoms. The third-order valence-corrected chi connectivity index (χ3v) is 5.55. The van der Waals surface area contributed by atoms with E-state index in [9.17, 15) is 9.59 Å². The Hall–Kier alpha value is -2.65. The number of fused-ring (bicyclic) bond motifs is 2. The van der Waals surface area contributed by atoms with Crippen LogP contribution >= 0.6 is 27.7 Å².